The summed E-state index contributed by atoms with van der Waals surface area (Å²) in [6, 6.07) is 2.76. The van der Waals surface area contributed by atoms with Crippen LogP contribution in [0.1, 0.15) is 38.5 Å². The molecule has 0 spiro atoms. The predicted octanol–water partition coefficient (Wildman–Crippen LogP) is 2.16. The van der Waals surface area contributed by atoms with Crippen molar-refractivity contribution in [3.63, 3.8) is 0 Å². The van der Waals surface area contributed by atoms with E-state index in [0.717, 1.165) is 0 Å². The summed E-state index contributed by atoms with van der Waals surface area (Å²) < 4.78 is 10.9. The van der Waals surface area contributed by atoms with Crippen molar-refractivity contribution in [3.8, 4) is 0 Å². The Morgan fingerprint density at radius 1 is 1.36 bits per heavy atom. The third kappa shape index (κ3) is 7.68. The van der Waals surface area contributed by atoms with E-state index in [4.69, 9.17) is 14.3 Å². The van der Waals surface area contributed by atoms with Gasteiger partial charge < -0.3 is 24.9 Å². The molecule has 1 aromatic heterocycles. The van der Waals surface area contributed by atoms with E-state index in [1.807, 2.05) is 13.8 Å². The van der Waals surface area contributed by atoms with Crippen molar-refractivity contribution in [2.75, 3.05) is 19.8 Å². The first-order valence-electron chi connectivity index (χ1n) is 7.36. The molecule has 0 bridgehead atoms. The Kier molecular flexibility index (Phi) is 8.06. The van der Waals surface area contributed by atoms with Crippen molar-refractivity contribution in [1.82, 2.24) is 10.6 Å². The summed E-state index contributed by atoms with van der Waals surface area (Å²) in [4.78, 5) is 22.2. The van der Waals surface area contributed by atoms with Crippen LogP contribution in [0.4, 0.5) is 4.79 Å². The highest BCUT2D eigenvalue weighted by atomic mass is 16.5. The number of carboxylic acid groups (broad SMARTS) is 1. The molecule has 7 nitrogen and oxygen atoms in total. The van der Waals surface area contributed by atoms with E-state index >= 15 is 0 Å². The Balaban J connectivity index is 2.39. The molecule has 0 radical (unpaired) electrons. The topological polar surface area (TPSA) is 101 Å². The molecule has 1 aromatic rings. The molecular weight excluding hydrogens is 288 g/mol. The number of hydrogen-bond donors (Lipinski definition) is 3. The van der Waals surface area contributed by atoms with Gasteiger partial charge in [-0.15, -0.1) is 0 Å². The van der Waals surface area contributed by atoms with Gasteiger partial charge in [-0.25, -0.2) is 4.79 Å². The molecule has 124 valence electrons. The Morgan fingerprint density at radius 2 is 2.14 bits per heavy atom. The zero-order valence-corrected chi connectivity index (χ0v) is 13.0. The Morgan fingerprint density at radius 3 is 2.73 bits per heavy atom. The van der Waals surface area contributed by atoms with E-state index in [1.54, 1.807) is 12.1 Å². The van der Waals surface area contributed by atoms with Gasteiger partial charge in [0.1, 0.15) is 11.8 Å². The molecule has 1 heterocycles. The molecule has 1 unspecified atom stereocenters. The van der Waals surface area contributed by atoms with Crippen LogP contribution in [-0.4, -0.2) is 36.9 Å². The van der Waals surface area contributed by atoms with Crippen LogP contribution < -0.4 is 10.6 Å². The number of furan rings is 1. The second-order valence-electron chi connectivity index (χ2n) is 5.40. The van der Waals surface area contributed by atoms with Gasteiger partial charge in [-0.05, 0) is 24.5 Å². The number of urea groups is 1. The van der Waals surface area contributed by atoms with Gasteiger partial charge in [-0.1, -0.05) is 13.8 Å². The number of nitrogens with one attached hydrogen (secondary N) is 2. The molecule has 1 atom stereocenters. The van der Waals surface area contributed by atoms with Crippen molar-refractivity contribution in [2.45, 2.75) is 32.7 Å². The van der Waals surface area contributed by atoms with Gasteiger partial charge in [0.25, 0.3) is 0 Å². The zero-order valence-electron chi connectivity index (χ0n) is 13.0. The molecule has 0 aliphatic carbocycles. The molecule has 0 saturated heterocycles. The average molecular weight is 312 g/mol. The highest BCUT2D eigenvalue weighted by molar-refractivity contribution is 5.74. The van der Waals surface area contributed by atoms with E-state index in [9.17, 15) is 9.59 Å². The number of ether oxygens (including phenoxy) is 1. The van der Waals surface area contributed by atoms with Gasteiger partial charge in [0, 0.05) is 19.6 Å². The third-order valence-electron chi connectivity index (χ3n) is 2.78. The second kappa shape index (κ2) is 9.83. The van der Waals surface area contributed by atoms with Crippen molar-refractivity contribution >= 4 is 12.0 Å². The van der Waals surface area contributed by atoms with E-state index < -0.39 is 5.97 Å². The molecule has 2 amide bonds. The number of rotatable bonds is 10. The van der Waals surface area contributed by atoms with Crippen LogP contribution >= 0.6 is 0 Å². The van der Waals surface area contributed by atoms with Crippen LogP contribution in [0.3, 0.4) is 0 Å². The molecule has 3 N–H and O–H groups in total. The van der Waals surface area contributed by atoms with Crippen molar-refractivity contribution in [3.05, 3.63) is 24.2 Å². The summed E-state index contributed by atoms with van der Waals surface area (Å²) in [7, 11) is 0. The first-order valence-corrected chi connectivity index (χ1v) is 7.36. The first kappa shape index (κ1) is 18.0. The van der Waals surface area contributed by atoms with Crippen LogP contribution in [0.15, 0.2) is 22.8 Å². The standard InChI is InChI=1S/C15H24N2O5/c1-11(2)9-21-10-12(13-5-4-8-22-13)17-15(20)16-7-3-6-14(18)19/h4-5,8,11-12H,3,6-7,9-10H2,1-2H3,(H,18,19)(H2,16,17,20). The van der Waals surface area contributed by atoms with Gasteiger partial charge >= 0.3 is 12.0 Å². The van der Waals surface area contributed by atoms with Gasteiger partial charge in [0.05, 0.1) is 12.9 Å². The van der Waals surface area contributed by atoms with Crippen LogP contribution in [0.25, 0.3) is 0 Å². The number of carbonyl (C=O) groups excluding carboxylic acids is 1. The highest BCUT2D eigenvalue weighted by Crippen LogP contribution is 2.14. The van der Waals surface area contributed by atoms with Crippen molar-refractivity contribution in [2.24, 2.45) is 5.92 Å². The van der Waals surface area contributed by atoms with Crippen LogP contribution in [0.5, 0.6) is 0 Å². The molecule has 0 saturated carbocycles. The summed E-state index contributed by atoms with van der Waals surface area (Å²) in [5.74, 6) is 0.143. The summed E-state index contributed by atoms with van der Waals surface area (Å²) in [5, 5.41) is 13.9. The highest BCUT2D eigenvalue weighted by Gasteiger charge is 2.17. The minimum Gasteiger partial charge on any atom is -0.481 e. The van der Waals surface area contributed by atoms with E-state index in [2.05, 4.69) is 10.6 Å². The number of hydrogen-bond acceptors (Lipinski definition) is 4. The number of amides is 2. The van der Waals surface area contributed by atoms with Crippen LogP contribution in [0, 0.1) is 5.92 Å². The first-order chi connectivity index (χ1) is 10.5. The molecule has 0 aliphatic heterocycles. The number of aliphatic carboxylic acids is 1. The second-order valence-corrected chi connectivity index (χ2v) is 5.40. The predicted molar refractivity (Wildman–Crippen MR) is 80.5 cm³/mol. The van der Waals surface area contributed by atoms with Crippen molar-refractivity contribution in [1.29, 1.82) is 0 Å². The molecule has 22 heavy (non-hydrogen) atoms. The lowest BCUT2D eigenvalue weighted by molar-refractivity contribution is -0.137. The minimum atomic E-state index is -0.877. The summed E-state index contributed by atoms with van der Waals surface area (Å²) >= 11 is 0. The Hall–Kier alpha value is -2.02. The molecule has 0 aliphatic rings. The maximum absolute atomic E-state index is 11.8. The lowest BCUT2D eigenvalue weighted by atomic mass is 10.2. The molecule has 0 aromatic carbocycles. The van der Waals surface area contributed by atoms with E-state index in [0.29, 0.717) is 37.9 Å². The molecule has 1 rings (SSSR count). The van der Waals surface area contributed by atoms with Crippen LogP contribution in [-0.2, 0) is 9.53 Å². The van der Waals surface area contributed by atoms with Gasteiger partial charge in [0.2, 0.25) is 0 Å². The SMILES string of the molecule is CC(C)COCC(NC(=O)NCCCC(=O)O)c1ccco1. The molecular formula is C15H24N2O5. The maximum Gasteiger partial charge on any atom is 0.315 e. The fourth-order valence-electron chi connectivity index (χ4n) is 1.76. The fourth-order valence-corrected chi connectivity index (χ4v) is 1.76. The lowest BCUT2D eigenvalue weighted by Gasteiger charge is -2.18. The average Bonchev–Trinajstić information content (AvgIpc) is 2.96. The maximum atomic E-state index is 11.8. The number of carboxylic acids is 1. The van der Waals surface area contributed by atoms with Gasteiger partial charge in [-0.2, -0.15) is 0 Å². The third-order valence-corrected chi connectivity index (χ3v) is 2.78. The smallest absolute Gasteiger partial charge is 0.315 e. The largest absolute Gasteiger partial charge is 0.481 e. The normalized spacial score (nSPS) is 12.1. The fraction of sp³-hybridized carbons (Fsp3) is 0.600. The monoisotopic (exact) mass is 312 g/mol. The number of carbonyl (C=O) groups is 2. The van der Waals surface area contributed by atoms with Gasteiger partial charge in [-0.3, -0.25) is 4.79 Å². The zero-order chi connectivity index (χ0) is 16.4. The van der Waals surface area contributed by atoms with Gasteiger partial charge in [0.15, 0.2) is 0 Å². The minimum absolute atomic E-state index is 0.0272. The summed E-state index contributed by atoms with van der Waals surface area (Å²) in [5.41, 5.74) is 0. The van der Waals surface area contributed by atoms with E-state index in [-0.39, 0.29) is 18.5 Å². The Bertz CT molecular complexity index is 445. The lowest BCUT2D eigenvalue weighted by Crippen LogP contribution is -2.40. The summed E-state index contributed by atoms with van der Waals surface area (Å²) in [6.45, 7) is 5.30. The molecule has 7 heteroatoms. The van der Waals surface area contributed by atoms with Crippen LogP contribution in [0.2, 0.25) is 0 Å². The quantitative estimate of drug-likeness (QED) is 0.575. The molecule has 0 fully saturated rings. The summed E-state index contributed by atoms with van der Waals surface area (Å²) in [6.07, 6.45) is 1.95. The Labute approximate surface area is 130 Å². The van der Waals surface area contributed by atoms with E-state index in [1.165, 1.54) is 6.26 Å². The van der Waals surface area contributed by atoms with Crippen molar-refractivity contribution < 1.29 is 23.8 Å².